The van der Waals surface area contributed by atoms with E-state index in [0.717, 1.165) is 6.07 Å². The fourth-order valence-corrected chi connectivity index (χ4v) is 2.11. The Hall–Kier alpha value is -2.80. The molecule has 0 bridgehead atoms. The highest BCUT2D eigenvalue weighted by atomic mass is 35.5. The smallest absolute Gasteiger partial charge is 0.257 e. The van der Waals surface area contributed by atoms with Gasteiger partial charge in [-0.05, 0) is 30.3 Å². The number of aromatic nitrogens is 4. The molecule has 6 nitrogen and oxygen atoms in total. The van der Waals surface area contributed by atoms with E-state index >= 15 is 0 Å². The van der Waals surface area contributed by atoms with Gasteiger partial charge in [-0.2, -0.15) is 5.10 Å². The molecular formula is C14H9ClFN5O. The lowest BCUT2D eigenvalue weighted by atomic mass is 10.2. The molecule has 3 aromatic rings. The van der Waals surface area contributed by atoms with Gasteiger partial charge in [0.1, 0.15) is 18.5 Å². The zero-order valence-corrected chi connectivity index (χ0v) is 11.8. The number of hydrogen-bond donors (Lipinski definition) is 1. The predicted molar refractivity (Wildman–Crippen MR) is 78.5 cm³/mol. The lowest BCUT2D eigenvalue weighted by molar-refractivity contribution is 0.102. The zero-order chi connectivity index (χ0) is 15.5. The van der Waals surface area contributed by atoms with Crippen LogP contribution in [0.25, 0.3) is 5.82 Å². The van der Waals surface area contributed by atoms with E-state index in [9.17, 15) is 9.18 Å². The van der Waals surface area contributed by atoms with Gasteiger partial charge in [-0.3, -0.25) is 4.79 Å². The summed E-state index contributed by atoms with van der Waals surface area (Å²) in [7, 11) is 0. The first-order valence-corrected chi connectivity index (χ1v) is 6.59. The zero-order valence-electron chi connectivity index (χ0n) is 11.1. The number of amides is 1. The van der Waals surface area contributed by atoms with Gasteiger partial charge in [-0.15, -0.1) is 0 Å². The summed E-state index contributed by atoms with van der Waals surface area (Å²) in [6.45, 7) is 0. The second-order valence-electron chi connectivity index (χ2n) is 4.29. The van der Waals surface area contributed by atoms with Gasteiger partial charge in [-0.25, -0.2) is 19.0 Å². The molecule has 22 heavy (non-hydrogen) atoms. The Morgan fingerprint density at radius 1 is 1.32 bits per heavy atom. The Morgan fingerprint density at radius 3 is 2.91 bits per heavy atom. The molecular weight excluding hydrogens is 309 g/mol. The fourth-order valence-electron chi connectivity index (χ4n) is 1.86. The standard InChI is InChI=1S/C14H9ClFN5O/c15-11-6-9(16)3-4-10(11)14(22)20-12-2-1-5-18-13(12)21-8-17-7-19-21/h1-8H,(H,20,22). The minimum Gasteiger partial charge on any atom is -0.319 e. The van der Waals surface area contributed by atoms with Crippen molar-refractivity contribution in [3.8, 4) is 5.82 Å². The van der Waals surface area contributed by atoms with Gasteiger partial charge < -0.3 is 5.32 Å². The van der Waals surface area contributed by atoms with E-state index in [-0.39, 0.29) is 10.6 Å². The molecule has 2 aromatic heterocycles. The maximum absolute atomic E-state index is 13.0. The predicted octanol–water partition coefficient (Wildman–Crippen LogP) is 2.71. The number of hydrogen-bond acceptors (Lipinski definition) is 4. The van der Waals surface area contributed by atoms with Gasteiger partial charge >= 0.3 is 0 Å². The van der Waals surface area contributed by atoms with Gasteiger partial charge in [-0.1, -0.05) is 11.6 Å². The molecule has 0 aliphatic rings. The van der Waals surface area contributed by atoms with Gasteiger partial charge in [0.05, 0.1) is 16.3 Å². The number of nitrogens with zero attached hydrogens (tertiary/aromatic N) is 4. The monoisotopic (exact) mass is 317 g/mol. The largest absolute Gasteiger partial charge is 0.319 e. The quantitative estimate of drug-likeness (QED) is 0.806. The molecule has 0 radical (unpaired) electrons. The van der Waals surface area contributed by atoms with Crippen LogP contribution in [0.2, 0.25) is 5.02 Å². The van der Waals surface area contributed by atoms with Crippen LogP contribution in [0.15, 0.2) is 49.2 Å². The van der Waals surface area contributed by atoms with Crippen LogP contribution >= 0.6 is 11.6 Å². The third-order valence-corrected chi connectivity index (χ3v) is 3.16. The van der Waals surface area contributed by atoms with Gasteiger partial charge in [0.2, 0.25) is 0 Å². The van der Waals surface area contributed by atoms with Crippen molar-refractivity contribution in [2.45, 2.75) is 0 Å². The Labute approximate surface area is 129 Å². The van der Waals surface area contributed by atoms with Crippen molar-refractivity contribution in [3.63, 3.8) is 0 Å². The molecule has 0 aliphatic heterocycles. The molecule has 0 unspecified atom stereocenters. The van der Waals surface area contributed by atoms with Crippen molar-refractivity contribution in [2.75, 3.05) is 5.32 Å². The second kappa shape index (κ2) is 5.90. The SMILES string of the molecule is O=C(Nc1cccnc1-n1cncn1)c1ccc(F)cc1Cl. The summed E-state index contributed by atoms with van der Waals surface area (Å²) in [6, 6.07) is 6.90. The normalized spacial score (nSPS) is 10.5. The summed E-state index contributed by atoms with van der Waals surface area (Å²) < 4.78 is 14.5. The van der Waals surface area contributed by atoms with Crippen LogP contribution in [0.4, 0.5) is 10.1 Å². The summed E-state index contributed by atoms with van der Waals surface area (Å²) in [5.74, 6) is -0.572. The summed E-state index contributed by atoms with van der Waals surface area (Å²) in [5, 5.41) is 6.68. The van der Waals surface area contributed by atoms with Crippen LogP contribution < -0.4 is 5.32 Å². The molecule has 1 amide bonds. The van der Waals surface area contributed by atoms with Crippen molar-refractivity contribution in [2.24, 2.45) is 0 Å². The average molecular weight is 318 g/mol. The number of carbonyl (C=O) groups is 1. The molecule has 0 atom stereocenters. The number of carbonyl (C=O) groups excluding carboxylic acids is 1. The number of rotatable bonds is 3. The number of pyridine rings is 1. The molecule has 2 heterocycles. The molecule has 0 spiro atoms. The number of nitrogens with one attached hydrogen (secondary N) is 1. The first kappa shape index (κ1) is 14.2. The molecule has 0 saturated heterocycles. The topological polar surface area (TPSA) is 72.7 Å². The van der Waals surface area contributed by atoms with Crippen LogP contribution in [0.1, 0.15) is 10.4 Å². The fraction of sp³-hybridized carbons (Fsp3) is 0. The van der Waals surface area contributed by atoms with Crippen molar-refractivity contribution in [3.05, 3.63) is 65.6 Å². The third-order valence-electron chi connectivity index (χ3n) is 2.85. The van der Waals surface area contributed by atoms with Crippen molar-refractivity contribution in [1.82, 2.24) is 19.7 Å². The van der Waals surface area contributed by atoms with E-state index in [1.54, 1.807) is 18.3 Å². The molecule has 1 N–H and O–H groups in total. The number of anilines is 1. The van der Waals surface area contributed by atoms with Crippen molar-refractivity contribution >= 4 is 23.2 Å². The third kappa shape index (κ3) is 2.79. The van der Waals surface area contributed by atoms with Crippen LogP contribution in [0.5, 0.6) is 0 Å². The first-order valence-electron chi connectivity index (χ1n) is 6.21. The van der Waals surface area contributed by atoms with Gasteiger partial charge in [0.25, 0.3) is 5.91 Å². The second-order valence-corrected chi connectivity index (χ2v) is 4.70. The number of benzene rings is 1. The summed E-state index contributed by atoms with van der Waals surface area (Å²) in [6.07, 6.45) is 4.39. The Balaban J connectivity index is 1.92. The number of halogens is 2. The summed E-state index contributed by atoms with van der Waals surface area (Å²) >= 11 is 5.89. The minimum atomic E-state index is -0.508. The molecule has 110 valence electrons. The van der Waals surface area contributed by atoms with E-state index < -0.39 is 11.7 Å². The molecule has 0 fully saturated rings. The molecule has 8 heteroatoms. The van der Waals surface area contributed by atoms with Crippen molar-refractivity contribution < 1.29 is 9.18 Å². The van der Waals surface area contributed by atoms with E-state index in [1.807, 2.05) is 0 Å². The van der Waals surface area contributed by atoms with Crippen LogP contribution in [-0.4, -0.2) is 25.7 Å². The maximum atomic E-state index is 13.0. The Bertz CT molecular complexity index is 822. The Kier molecular flexibility index (Phi) is 3.80. The van der Waals surface area contributed by atoms with Crippen LogP contribution in [0, 0.1) is 5.82 Å². The maximum Gasteiger partial charge on any atom is 0.257 e. The molecule has 1 aromatic carbocycles. The van der Waals surface area contributed by atoms with E-state index in [4.69, 9.17) is 11.6 Å². The lowest BCUT2D eigenvalue weighted by Crippen LogP contribution is -2.15. The highest BCUT2D eigenvalue weighted by molar-refractivity contribution is 6.34. The Morgan fingerprint density at radius 2 is 2.18 bits per heavy atom. The average Bonchev–Trinajstić information content (AvgIpc) is 3.01. The van der Waals surface area contributed by atoms with Crippen molar-refractivity contribution in [1.29, 1.82) is 0 Å². The molecule has 3 rings (SSSR count). The lowest BCUT2D eigenvalue weighted by Gasteiger charge is -2.10. The summed E-state index contributed by atoms with van der Waals surface area (Å²) in [5.41, 5.74) is 0.592. The highest BCUT2D eigenvalue weighted by Gasteiger charge is 2.14. The first-order chi connectivity index (χ1) is 10.6. The van der Waals surface area contributed by atoms with Gasteiger partial charge in [0, 0.05) is 6.20 Å². The van der Waals surface area contributed by atoms with Crippen LogP contribution in [-0.2, 0) is 0 Å². The van der Waals surface area contributed by atoms with E-state index in [1.165, 1.54) is 29.5 Å². The van der Waals surface area contributed by atoms with Crippen LogP contribution in [0.3, 0.4) is 0 Å². The summed E-state index contributed by atoms with van der Waals surface area (Å²) in [4.78, 5) is 20.3. The minimum absolute atomic E-state index is 0.0312. The highest BCUT2D eigenvalue weighted by Crippen LogP contribution is 2.21. The van der Waals surface area contributed by atoms with Gasteiger partial charge in [0.15, 0.2) is 5.82 Å². The molecule has 0 saturated carbocycles. The van der Waals surface area contributed by atoms with E-state index in [2.05, 4.69) is 20.4 Å². The van der Waals surface area contributed by atoms with E-state index in [0.29, 0.717) is 11.5 Å². The molecule has 0 aliphatic carbocycles.